The van der Waals surface area contributed by atoms with Crippen LogP contribution in [-0.2, 0) is 17.4 Å². The molecule has 1 heterocycles. The van der Waals surface area contributed by atoms with Gasteiger partial charge in [0.25, 0.3) is 0 Å². The molecule has 4 nitrogen and oxygen atoms in total. The van der Waals surface area contributed by atoms with Gasteiger partial charge in [0.1, 0.15) is 11.3 Å². The lowest BCUT2D eigenvalue weighted by molar-refractivity contribution is -0.185. The Kier molecular flexibility index (Phi) is 7.73. The number of hydrogen-bond donors (Lipinski definition) is 1. The molecule has 2 fully saturated rings. The highest BCUT2D eigenvalue weighted by atomic mass is 19.4. The van der Waals surface area contributed by atoms with Gasteiger partial charge in [-0.05, 0) is 80.4 Å². The van der Waals surface area contributed by atoms with Crippen LogP contribution in [0, 0.1) is 11.8 Å². The third-order valence-electron chi connectivity index (χ3n) is 7.42. The molecule has 0 amide bonds. The molecule has 1 saturated carbocycles. The third kappa shape index (κ3) is 6.25. The van der Waals surface area contributed by atoms with Crippen molar-refractivity contribution in [3.63, 3.8) is 0 Å². The molecule has 1 N–H and O–H groups in total. The number of piperidine rings is 1. The first kappa shape index (κ1) is 26.6. The maximum Gasteiger partial charge on any atom is 0.420 e. The number of likely N-dealkylation sites (tertiary alicyclic amines) is 1. The molecule has 2 aromatic rings. The Bertz CT molecular complexity index is 1070. The molecule has 1 saturated heterocycles. The second-order valence-corrected chi connectivity index (χ2v) is 9.83. The number of carbonyl (C=O) groups is 1. The van der Waals surface area contributed by atoms with E-state index >= 15 is 0 Å². The van der Waals surface area contributed by atoms with Gasteiger partial charge in [-0.15, -0.1) is 0 Å². The zero-order chi connectivity index (χ0) is 26.1. The van der Waals surface area contributed by atoms with Crippen molar-refractivity contribution >= 4 is 16.7 Å². The van der Waals surface area contributed by atoms with Gasteiger partial charge in [-0.1, -0.05) is 24.3 Å². The largest absolute Gasteiger partial charge is 0.490 e. The molecule has 4 rings (SSSR count). The fraction of sp³-hybridized carbons (Fsp3) is 0.577. The van der Waals surface area contributed by atoms with E-state index in [0.29, 0.717) is 44.3 Å². The summed E-state index contributed by atoms with van der Waals surface area (Å²) in [4.78, 5) is 13.2. The summed E-state index contributed by atoms with van der Waals surface area (Å²) in [5.41, 5.74) is -0.182. The number of hydrogen-bond acceptors (Lipinski definition) is 3. The van der Waals surface area contributed by atoms with Crippen LogP contribution in [0.2, 0.25) is 0 Å². The Morgan fingerprint density at radius 3 is 2.17 bits per heavy atom. The number of ether oxygens (including phenoxy) is 1. The van der Waals surface area contributed by atoms with Crippen LogP contribution in [0.5, 0.6) is 5.75 Å². The van der Waals surface area contributed by atoms with Gasteiger partial charge in [-0.25, -0.2) is 0 Å². The van der Waals surface area contributed by atoms with Crippen molar-refractivity contribution in [1.82, 2.24) is 4.90 Å². The molecular weight excluding hydrogens is 488 g/mol. The molecular formula is C26H29F6NO3. The lowest BCUT2D eigenvalue weighted by Crippen LogP contribution is -2.37. The Morgan fingerprint density at radius 2 is 1.58 bits per heavy atom. The summed E-state index contributed by atoms with van der Waals surface area (Å²) in [6.45, 7) is 1.87. The predicted molar refractivity (Wildman–Crippen MR) is 122 cm³/mol. The van der Waals surface area contributed by atoms with Crippen LogP contribution in [0.25, 0.3) is 10.8 Å². The molecule has 0 radical (unpaired) electrons. The summed E-state index contributed by atoms with van der Waals surface area (Å²) >= 11 is 0. The minimum absolute atomic E-state index is 0.00561. The van der Waals surface area contributed by atoms with Crippen LogP contribution in [0.15, 0.2) is 30.3 Å². The van der Waals surface area contributed by atoms with E-state index in [1.165, 1.54) is 12.1 Å². The summed E-state index contributed by atoms with van der Waals surface area (Å²) in [6.07, 6.45) is -8.28. The number of nitrogens with zero attached hydrogens (tertiary/aromatic N) is 1. The Labute approximate surface area is 205 Å². The topological polar surface area (TPSA) is 49.8 Å². The average Bonchev–Trinajstić information content (AvgIpc) is 2.81. The summed E-state index contributed by atoms with van der Waals surface area (Å²) < 4.78 is 87.0. The van der Waals surface area contributed by atoms with E-state index in [0.717, 1.165) is 5.56 Å². The number of carboxylic acids is 1. The quantitative estimate of drug-likeness (QED) is 0.434. The Hall–Kier alpha value is -2.49. The summed E-state index contributed by atoms with van der Waals surface area (Å²) in [5, 5.41) is 9.54. The SMILES string of the molecule is O=C(O)C1CCN(CCc2ccc3ccc(OC4CCC(C(F)(F)F)CC4)c(C(F)(F)F)c3c2)CC1. The fourth-order valence-corrected chi connectivity index (χ4v) is 5.27. The van der Waals surface area contributed by atoms with E-state index in [2.05, 4.69) is 4.90 Å². The van der Waals surface area contributed by atoms with Crippen LogP contribution >= 0.6 is 0 Å². The lowest BCUT2D eigenvalue weighted by atomic mass is 9.87. The van der Waals surface area contributed by atoms with Crippen molar-refractivity contribution < 1.29 is 41.0 Å². The standard InChI is InChI=1S/C26H29F6NO3/c27-25(28,29)19-4-6-20(7-5-19)36-22-8-3-17-2-1-16(15-21(17)23(22)26(30,31)32)9-12-33-13-10-18(11-14-33)24(34)35/h1-3,8,15,18-20H,4-7,9-14H2,(H,34,35). The second kappa shape index (κ2) is 10.5. The van der Waals surface area contributed by atoms with Crippen molar-refractivity contribution in [2.45, 2.75) is 63.4 Å². The van der Waals surface area contributed by atoms with E-state index in [1.807, 2.05) is 0 Å². The number of benzene rings is 2. The van der Waals surface area contributed by atoms with Crippen LogP contribution in [0.1, 0.15) is 49.7 Å². The molecule has 1 aliphatic heterocycles. The first-order valence-corrected chi connectivity index (χ1v) is 12.2. The number of carboxylic acid groups (broad SMARTS) is 1. The molecule has 36 heavy (non-hydrogen) atoms. The minimum atomic E-state index is -4.70. The molecule has 1 aliphatic carbocycles. The van der Waals surface area contributed by atoms with Gasteiger partial charge in [-0.2, -0.15) is 26.3 Å². The van der Waals surface area contributed by atoms with E-state index in [9.17, 15) is 31.1 Å². The molecule has 2 aromatic carbocycles. The predicted octanol–water partition coefficient (Wildman–Crippen LogP) is 6.70. The van der Waals surface area contributed by atoms with Crippen LogP contribution < -0.4 is 4.74 Å². The van der Waals surface area contributed by atoms with Gasteiger partial charge in [0.2, 0.25) is 0 Å². The van der Waals surface area contributed by atoms with Crippen LogP contribution in [0.4, 0.5) is 26.3 Å². The second-order valence-electron chi connectivity index (χ2n) is 9.83. The highest BCUT2D eigenvalue weighted by Gasteiger charge is 2.42. The third-order valence-corrected chi connectivity index (χ3v) is 7.42. The molecule has 10 heteroatoms. The van der Waals surface area contributed by atoms with Gasteiger partial charge >= 0.3 is 18.3 Å². The van der Waals surface area contributed by atoms with Crippen LogP contribution in [0.3, 0.4) is 0 Å². The van der Waals surface area contributed by atoms with Gasteiger partial charge in [0, 0.05) is 6.54 Å². The molecule has 0 spiro atoms. The van der Waals surface area contributed by atoms with Crippen molar-refractivity contribution in [1.29, 1.82) is 0 Å². The van der Waals surface area contributed by atoms with Crippen molar-refractivity contribution in [3.05, 3.63) is 41.5 Å². The van der Waals surface area contributed by atoms with Gasteiger partial charge in [0.05, 0.1) is 17.9 Å². The van der Waals surface area contributed by atoms with E-state index in [4.69, 9.17) is 9.84 Å². The highest BCUT2D eigenvalue weighted by Crippen LogP contribution is 2.44. The number of aliphatic carboxylic acids is 1. The first-order valence-electron chi connectivity index (χ1n) is 12.2. The summed E-state index contributed by atoms with van der Waals surface area (Å²) in [6, 6.07) is 7.73. The highest BCUT2D eigenvalue weighted by molar-refractivity contribution is 5.89. The minimum Gasteiger partial charge on any atom is -0.490 e. The average molecular weight is 518 g/mol. The number of halogens is 6. The monoisotopic (exact) mass is 517 g/mol. The van der Waals surface area contributed by atoms with Gasteiger partial charge in [-0.3, -0.25) is 4.79 Å². The molecule has 0 atom stereocenters. The molecule has 0 bridgehead atoms. The molecule has 198 valence electrons. The van der Waals surface area contributed by atoms with E-state index in [1.54, 1.807) is 18.2 Å². The smallest absolute Gasteiger partial charge is 0.420 e. The van der Waals surface area contributed by atoms with Crippen molar-refractivity contribution in [3.8, 4) is 5.75 Å². The van der Waals surface area contributed by atoms with Gasteiger partial charge < -0.3 is 14.7 Å². The Balaban J connectivity index is 1.49. The molecule has 0 aromatic heterocycles. The number of rotatable bonds is 6. The zero-order valence-corrected chi connectivity index (χ0v) is 19.7. The van der Waals surface area contributed by atoms with E-state index in [-0.39, 0.29) is 42.7 Å². The van der Waals surface area contributed by atoms with Crippen molar-refractivity contribution in [2.75, 3.05) is 19.6 Å². The van der Waals surface area contributed by atoms with Gasteiger partial charge in [0.15, 0.2) is 0 Å². The molecule has 2 aliphatic rings. The van der Waals surface area contributed by atoms with E-state index < -0.39 is 35.9 Å². The maximum atomic E-state index is 14.2. The number of fused-ring (bicyclic) bond motifs is 1. The number of alkyl halides is 6. The Morgan fingerprint density at radius 1 is 0.944 bits per heavy atom. The first-order chi connectivity index (χ1) is 16.9. The van der Waals surface area contributed by atoms with Crippen LogP contribution in [-0.4, -0.2) is 47.9 Å². The van der Waals surface area contributed by atoms with Crippen molar-refractivity contribution in [2.24, 2.45) is 11.8 Å². The fourth-order valence-electron chi connectivity index (χ4n) is 5.27. The molecule has 0 unspecified atom stereocenters. The summed E-state index contributed by atoms with van der Waals surface area (Å²) in [7, 11) is 0. The zero-order valence-electron chi connectivity index (χ0n) is 19.7. The summed E-state index contributed by atoms with van der Waals surface area (Å²) in [5.74, 6) is -2.93. The maximum absolute atomic E-state index is 14.2. The lowest BCUT2D eigenvalue weighted by Gasteiger charge is -2.31. The normalized spacial score (nSPS) is 22.6.